The fraction of sp³-hybridized carbons (Fsp3) is 0.733. The third kappa shape index (κ3) is 3.79. The van der Waals surface area contributed by atoms with Crippen molar-refractivity contribution in [2.75, 3.05) is 13.1 Å². The standard InChI is InChI=1S/C15H24N2O2S/c1-15(2,3)13-12(14(18)19)20-11(16-13)10-17-8-6-4-5-7-9-17/h4-10H2,1-3H3,(H,18,19). The molecular weight excluding hydrogens is 272 g/mol. The summed E-state index contributed by atoms with van der Waals surface area (Å²) in [6.07, 6.45) is 5.09. The summed E-state index contributed by atoms with van der Waals surface area (Å²) in [4.78, 5) is 18.8. The molecule has 0 spiro atoms. The lowest BCUT2D eigenvalue weighted by molar-refractivity contribution is 0.0699. The van der Waals surface area contributed by atoms with Gasteiger partial charge in [0.05, 0.1) is 12.2 Å². The summed E-state index contributed by atoms with van der Waals surface area (Å²) in [6, 6.07) is 0. The van der Waals surface area contributed by atoms with E-state index < -0.39 is 5.97 Å². The SMILES string of the molecule is CC(C)(C)c1nc(CN2CCCCCC2)sc1C(=O)O. The van der Waals surface area contributed by atoms with Gasteiger partial charge in [-0.2, -0.15) is 0 Å². The van der Waals surface area contributed by atoms with Crippen LogP contribution in [0, 0.1) is 0 Å². The Bertz CT molecular complexity index is 469. The topological polar surface area (TPSA) is 53.4 Å². The van der Waals surface area contributed by atoms with E-state index >= 15 is 0 Å². The molecular formula is C15H24N2O2S. The zero-order valence-corrected chi connectivity index (χ0v) is 13.4. The quantitative estimate of drug-likeness (QED) is 0.927. The first-order valence-corrected chi connectivity index (χ1v) is 8.15. The van der Waals surface area contributed by atoms with E-state index in [0.717, 1.165) is 30.3 Å². The summed E-state index contributed by atoms with van der Waals surface area (Å²) in [6.45, 7) is 9.05. The van der Waals surface area contributed by atoms with Crippen LogP contribution in [0.2, 0.25) is 0 Å². The minimum absolute atomic E-state index is 0.221. The highest BCUT2D eigenvalue weighted by Gasteiger charge is 2.27. The zero-order chi connectivity index (χ0) is 14.8. The molecule has 1 saturated heterocycles. The van der Waals surface area contributed by atoms with Gasteiger partial charge in [-0.1, -0.05) is 33.6 Å². The maximum absolute atomic E-state index is 11.4. The van der Waals surface area contributed by atoms with Crippen LogP contribution in [0.5, 0.6) is 0 Å². The molecule has 5 heteroatoms. The number of carbonyl (C=O) groups is 1. The van der Waals surface area contributed by atoms with Crippen molar-refractivity contribution in [3.8, 4) is 0 Å². The Balaban J connectivity index is 2.18. The molecule has 1 aliphatic rings. The average molecular weight is 296 g/mol. The van der Waals surface area contributed by atoms with E-state index in [1.807, 2.05) is 20.8 Å². The van der Waals surface area contributed by atoms with Crippen molar-refractivity contribution < 1.29 is 9.90 Å². The van der Waals surface area contributed by atoms with Gasteiger partial charge in [0, 0.05) is 5.41 Å². The molecule has 1 N–H and O–H groups in total. The molecule has 0 amide bonds. The predicted octanol–water partition coefficient (Wildman–Crippen LogP) is 3.51. The maximum atomic E-state index is 11.4. The Morgan fingerprint density at radius 1 is 1.25 bits per heavy atom. The van der Waals surface area contributed by atoms with Crippen molar-refractivity contribution >= 4 is 17.3 Å². The van der Waals surface area contributed by atoms with Gasteiger partial charge in [-0.05, 0) is 25.9 Å². The molecule has 0 atom stereocenters. The third-order valence-corrected chi connectivity index (χ3v) is 4.66. The van der Waals surface area contributed by atoms with Crippen LogP contribution in [0.1, 0.15) is 66.8 Å². The maximum Gasteiger partial charge on any atom is 0.347 e. The van der Waals surface area contributed by atoms with Crippen molar-refractivity contribution in [1.29, 1.82) is 0 Å². The number of carboxylic acid groups (broad SMARTS) is 1. The van der Waals surface area contributed by atoms with E-state index in [-0.39, 0.29) is 5.41 Å². The van der Waals surface area contributed by atoms with Crippen LogP contribution in [0.3, 0.4) is 0 Å². The van der Waals surface area contributed by atoms with Crippen molar-refractivity contribution in [3.05, 3.63) is 15.6 Å². The predicted molar refractivity (Wildman–Crippen MR) is 81.5 cm³/mol. The largest absolute Gasteiger partial charge is 0.477 e. The van der Waals surface area contributed by atoms with E-state index in [2.05, 4.69) is 9.88 Å². The van der Waals surface area contributed by atoms with E-state index in [1.54, 1.807) is 0 Å². The van der Waals surface area contributed by atoms with Crippen LogP contribution in [0.4, 0.5) is 0 Å². The Hall–Kier alpha value is -0.940. The second kappa shape index (κ2) is 6.22. The van der Waals surface area contributed by atoms with Crippen molar-refractivity contribution in [3.63, 3.8) is 0 Å². The number of aromatic carboxylic acids is 1. The zero-order valence-electron chi connectivity index (χ0n) is 12.6. The molecule has 1 aliphatic heterocycles. The Morgan fingerprint density at radius 3 is 2.30 bits per heavy atom. The Kier molecular flexibility index (Phi) is 4.81. The van der Waals surface area contributed by atoms with E-state index in [4.69, 9.17) is 0 Å². The second-order valence-corrected chi connectivity index (χ2v) is 7.61. The third-order valence-electron chi connectivity index (χ3n) is 3.63. The minimum atomic E-state index is -0.852. The summed E-state index contributed by atoms with van der Waals surface area (Å²) in [5.41, 5.74) is 0.501. The molecule has 1 aromatic heterocycles. The molecule has 0 aliphatic carbocycles. The number of likely N-dealkylation sites (tertiary alicyclic amines) is 1. The number of aromatic nitrogens is 1. The van der Waals surface area contributed by atoms with Crippen LogP contribution in [-0.2, 0) is 12.0 Å². The highest BCUT2D eigenvalue weighted by Crippen LogP contribution is 2.30. The van der Waals surface area contributed by atoms with Crippen LogP contribution >= 0.6 is 11.3 Å². The second-order valence-electron chi connectivity index (χ2n) is 6.53. The molecule has 1 fully saturated rings. The Morgan fingerprint density at radius 2 is 1.85 bits per heavy atom. The first kappa shape index (κ1) is 15.4. The molecule has 112 valence electrons. The van der Waals surface area contributed by atoms with Gasteiger partial charge < -0.3 is 5.11 Å². The van der Waals surface area contributed by atoms with Crippen molar-refractivity contribution in [1.82, 2.24) is 9.88 Å². The number of hydrogen-bond acceptors (Lipinski definition) is 4. The van der Waals surface area contributed by atoms with Crippen LogP contribution in [-0.4, -0.2) is 34.0 Å². The molecule has 20 heavy (non-hydrogen) atoms. The van der Waals surface area contributed by atoms with E-state index in [1.165, 1.54) is 37.0 Å². The molecule has 2 rings (SSSR count). The lowest BCUT2D eigenvalue weighted by Gasteiger charge is -2.18. The number of nitrogens with zero attached hydrogens (tertiary/aromatic N) is 2. The van der Waals surface area contributed by atoms with E-state index in [0.29, 0.717) is 4.88 Å². The van der Waals surface area contributed by atoms with Crippen LogP contribution < -0.4 is 0 Å². The highest BCUT2D eigenvalue weighted by atomic mass is 32.1. The van der Waals surface area contributed by atoms with Gasteiger partial charge in [-0.15, -0.1) is 11.3 Å². The van der Waals surface area contributed by atoms with Gasteiger partial charge >= 0.3 is 5.97 Å². The monoisotopic (exact) mass is 296 g/mol. The van der Waals surface area contributed by atoms with Gasteiger partial charge in [0.1, 0.15) is 9.88 Å². The summed E-state index contributed by atoms with van der Waals surface area (Å²) in [7, 11) is 0. The number of hydrogen-bond donors (Lipinski definition) is 1. The number of carboxylic acids is 1. The van der Waals surface area contributed by atoms with E-state index in [9.17, 15) is 9.90 Å². The minimum Gasteiger partial charge on any atom is -0.477 e. The molecule has 0 bridgehead atoms. The fourth-order valence-electron chi connectivity index (χ4n) is 2.57. The first-order chi connectivity index (χ1) is 9.38. The fourth-order valence-corrected chi connectivity index (χ4v) is 3.73. The molecule has 2 heterocycles. The molecule has 0 radical (unpaired) electrons. The van der Waals surface area contributed by atoms with Gasteiger partial charge in [0.2, 0.25) is 0 Å². The Labute approximate surface area is 124 Å². The van der Waals surface area contributed by atoms with Crippen LogP contribution in [0.25, 0.3) is 0 Å². The van der Waals surface area contributed by atoms with Crippen molar-refractivity contribution in [2.45, 2.75) is 58.4 Å². The average Bonchev–Trinajstić information content (AvgIpc) is 2.61. The highest BCUT2D eigenvalue weighted by molar-refractivity contribution is 7.13. The van der Waals surface area contributed by atoms with Gasteiger partial charge in [0.15, 0.2) is 0 Å². The van der Waals surface area contributed by atoms with Crippen LogP contribution in [0.15, 0.2) is 0 Å². The summed E-state index contributed by atoms with van der Waals surface area (Å²) in [5, 5.41) is 10.3. The smallest absolute Gasteiger partial charge is 0.347 e. The van der Waals surface area contributed by atoms with Crippen molar-refractivity contribution in [2.24, 2.45) is 0 Å². The lowest BCUT2D eigenvalue weighted by Crippen LogP contribution is -2.24. The van der Waals surface area contributed by atoms with Gasteiger partial charge in [-0.3, -0.25) is 4.90 Å². The first-order valence-electron chi connectivity index (χ1n) is 7.34. The molecule has 0 saturated carbocycles. The number of rotatable bonds is 3. The number of thiazole rings is 1. The normalized spacial score (nSPS) is 17.9. The lowest BCUT2D eigenvalue weighted by atomic mass is 9.91. The van der Waals surface area contributed by atoms with Gasteiger partial charge in [-0.25, -0.2) is 9.78 Å². The molecule has 1 aromatic rings. The molecule has 4 nitrogen and oxygen atoms in total. The summed E-state index contributed by atoms with van der Waals surface area (Å²) >= 11 is 1.34. The molecule has 0 unspecified atom stereocenters. The summed E-state index contributed by atoms with van der Waals surface area (Å²) in [5.74, 6) is -0.852. The van der Waals surface area contributed by atoms with Gasteiger partial charge in [0.25, 0.3) is 0 Å². The summed E-state index contributed by atoms with van der Waals surface area (Å²) < 4.78 is 0. The molecule has 0 aromatic carbocycles.